The molecule has 5 aliphatic rings. The van der Waals surface area contributed by atoms with E-state index in [9.17, 15) is 20.4 Å². The van der Waals surface area contributed by atoms with Gasteiger partial charge in [-0.25, -0.2) is 0 Å². The molecule has 4 aliphatic carbocycles. The van der Waals surface area contributed by atoms with Crippen LogP contribution in [-0.4, -0.2) is 58.1 Å². The van der Waals surface area contributed by atoms with Crippen LogP contribution in [0.2, 0.25) is 0 Å². The Balaban J connectivity index is 1.33. The van der Waals surface area contributed by atoms with Crippen molar-refractivity contribution in [1.29, 1.82) is 0 Å². The molecule has 0 amide bonds. The maximum Gasteiger partial charge on any atom is 0.0647 e. The van der Waals surface area contributed by atoms with Crippen molar-refractivity contribution in [2.75, 3.05) is 13.2 Å². The molecule has 1 saturated heterocycles. The Morgan fingerprint density at radius 2 is 1.78 bits per heavy atom. The smallest absolute Gasteiger partial charge is 0.0647 e. The van der Waals surface area contributed by atoms with E-state index in [1.165, 1.54) is 0 Å². The van der Waals surface area contributed by atoms with Gasteiger partial charge in [0.1, 0.15) is 0 Å². The van der Waals surface area contributed by atoms with E-state index in [4.69, 9.17) is 4.74 Å². The number of aliphatic hydroxyl groups is 4. The lowest BCUT2D eigenvalue weighted by Gasteiger charge is -2.63. The van der Waals surface area contributed by atoms with Gasteiger partial charge in [-0.1, -0.05) is 20.8 Å². The fraction of sp³-hybridized carbons (Fsp3) is 1.00. The minimum absolute atomic E-state index is 0.129. The van der Waals surface area contributed by atoms with Crippen molar-refractivity contribution in [3.63, 3.8) is 0 Å². The van der Waals surface area contributed by atoms with Gasteiger partial charge in [-0.3, -0.25) is 0 Å². The molecule has 5 heteroatoms. The zero-order chi connectivity index (χ0) is 22.8. The van der Waals surface area contributed by atoms with E-state index in [2.05, 4.69) is 20.8 Å². The molecule has 0 aromatic heterocycles. The van der Waals surface area contributed by atoms with Crippen molar-refractivity contribution in [2.24, 2.45) is 52.3 Å². The van der Waals surface area contributed by atoms with E-state index in [0.29, 0.717) is 42.1 Å². The fourth-order valence-corrected chi connectivity index (χ4v) is 9.62. The molecule has 32 heavy (non-hydrogen) atoms. The molecule has 0 radical (unpaired) electrons. The van der Waals surface area contributed by atoms with E-state index in [-0.39, 0.29) is 47.8 Å². The number of rotatable bonds is 5. The monoisotopic (exact) mass is 450 g/mol. The predicted molar refractivity (Wildman–Crippen MR) is 123 cm³/mol. The molecule has 0 aromatic carbocycles. The van der Waals surface area contributed by atoms with Crippen LogP contribution in [0, 0.1) is 52.3 Å². The second-order valence-electron chi connectivity index (χ2n) is 12.9. The van der Waals surface area contributed by atoms with Crippen LogP contribution in [0.1, 0.15) is 78.6 Å². The number of fused-ring (bicyclic) bond motifs is 5. The summed E-state index contributed by atoms with van der Waals surface area (Å²) in [7, 11) is 0. The molecule has 5 fully saturated rings. The summed E-state index contributed by atoms with van der Waals surface area (Å²) in [6.07, 6.45) is 8.01. The van der Waals surface area contributed by atoms with Crippen LogP contribution >= 0.6 is 0 Å². The van der Waals surface area contributed by atoms with Gasteiger partial charge >= 0.3 is 0 Å². The highest BCUT2D eigenvalue weighted by Gasteiger charge is 2.65. The second-order valence-corrected chi connectivity index (χ2v) is 12.9. The minimum atomic E-state index is -0.316. The van der Waals surface area contributed by atoms with Gasteiger partial charge in [0.15, 0.2) is 0 Å². The van der Waals surface area contributed by atoms with Gasteiger partial charge in [0, 0.05) is 5.92 Å². The molecule has 0 aromatic rings. The summed E-state index contributed by atoms with van der Waals surface area (Å²) in [4.78, 5) is 0. The van der Waals surface area contributed by atoms with Crippen LogP contribution in [0.5, 0.6) is 0 Å². The summed E-state index contributed by atoms with van der Waals surface area (Å²) in [5, 5.41) is 42.8. The first-order valence-corrected chi connectivity index (χ1v) is 13.5. The molecule has 0 spiro atoms. The molecule has 4 N–H and O–H groups in total. The Morgan fingerprint density at radius 3 is 2.47 bits per heavy atom. The van der Waals surface area contributed by atoms with Crippen LogP contribution in [0.3, 0.4) is 0 Å². The van der Waals surface area contributed by atoms with E-state index in [0.717, 1.165) is 57.8 Å². The van der Waals surface area contributed by atoms with Crippen LogP contribution < -0.4 is 0 Å². The molecule has 5 nitrogen and oxygen atoms in total. The summed E-state index contributed by atoms with van der Waals surface area (Å²) in [5.41, 5.74) is 0.00575. The Morgan fingerprint density at radius 1 is 1.00 bits per heavy atom. The molecular weight excluding hydrogens is 404 g/mol. The molecule has 5 rings (SSSR count). The van der Waals surface area contributed by atoms with Crippen LogP contribution in [0.25, 0.3) is 0 Å². The average Bonchev–Trinajstić information content (AvgIpc) is 3.08. The van der Waals surface area contributed by atoms with Gasteiger partial charge in [0.25, 0.3) is 0 Å². The highest BCUT2D eigenvalue weighted by Crippen LogP contribution is 2.68. The van der Waals surface area contributed by atoms with Crippen molar-refractivity contribution in [2.45, 2.75) is 103 Å². The molecule has 0 bridgehead atoms. The van der Waals surface area contributed by atoms with Gasteiger partial charge in [-0.05, 0) is 104 Å². The molecule has 1 heterocycles. The first-order chi connectivity index (χ1) is 15.2. The Bertz CT molecular complexity index is 683. The summed E-state index contributed by atoms with van der Waals surface area (Å²) < 4.78 is 5.69. The molecule has 1 aliphatic heterocycles. The van der Waals surface area contributed by atoms with Gasteiger partial charge in [-0.2, -0.15) is 0 Å². The third-order valence-corrected chi connectivity index (χ3v) is 11.7. The molecule has 184 valence electrons. The average molecular weight is 451 g/mol. The highest BCUT2D eigenvalue weighted by molar-refractivity contribution is 5.14. The molecule has 0 unspecified atom stereocenters. The quantitative estimate of drug-likeness (QED) is 0.516. The van der Waals surface area contributed by atoms with Gasteiger partial charge in [0.05, 0.1) is 37.6 Å². The number of aliphatic hydroxyl groups excluding tert-OH is 4. The van der Waals surface area contributed by atoms with Gasteiger partial charge in [0.2, 0.25) is 0 Å². The topological polar surface area (TPSA) is 90.2 Å². The second kappa shape index (κ2) is 8.48. The van der Waals surface area contributed by atoms with E-state index >= 15 is 0 Å². The number of ether oxygens (including phenoxy) is 1. The predicted octanol–water partition coefficient (Wildman–Crippen LogP) is 3.37. The third kappa shape index (κ3) is 3.44. The van der Waals surface area contributed by atoms with Crippen molar-refractivity contribution in [3.05, 3.63) is 0 Å². The largest absolute Gasteiger partial charge is 0.396 e. The van der Waals surface area contributed by atoms with Crippen LogP contribution in [-0.2, 0) is 4.74 Å². The van der Waals surface area contributed by atoms with E-state index in [1.54, 1.807) is 0 Å². The van der Waals surface area contributed by atoms with Crippen molar-refractivity contribution in [1.82, 2.24) is 0 Å². The number of hydrogen-bond acceptors (Lipinski definition) is 5. The standard InChI is InChI=1S/C27H46O5/c1-15(4-7-23-16(13-28)14-32-23)19-5-6-20-25-21(12-24(31)27(19,20)3)26(2)9-8-18(29)10-17(26)11-22(25)30/h15-25,28-31H,4-14H2,1-3H3/t15-,16+,17+,18-,19-,20+,21+,22-,23-,24+,25+,26+,27-/m1/s1. The Labute approximate surface area is 193 Å². The van der Waals surface area contributed by atoms with Crippen LogP contribution in [0.4, 0.5) is 0 Å². The Kier molecular flexibility index (Phi) is 6.24. The summed E-state index contributed by atoms with van der Waals surface area (Å²) in [5.74, 6) is 2.68. The SMILES string of the molecule is C[C@H](CC[C@H]1OC[C@@H]1CO)[C@H]1CC[C@H]2[C@@H]3[C@H](O)C[C@@H]4C[C@H](O)CC[C@]4(C)[C@H]3C[C@H](O)[C@]12C. The van der Waals surface area contributed by atoms with Gasteiger partial charge in [-0.15, -0.1) is 0 Å². The third-order valence-electron chi connectivity index (χ3n) is 11.7. The first kappa shape index (κ1) is 23.5. The number of hydrogen-bond donors (Lipinski definition) is 4. The van der Waals surface area contributed by atoms with Crippen molar-refractivity contribution in [3.8, 4) is 0 Å². The lowest BCUT2D eigenvalue weighted by atomic mass is 9.43. The van der Waals surface area contributed by atoms with E-state index in [1.807, 2.05) is 0 Å². The molecule has 4 saturated carbocycles. The maximum atomic E-state index is 11.7. The zero-order valence-electron chi connectivity index (χ0n) is 20.3. The summed E-state index contributed by atoms with van der Waals surface area (Å²) >= 11 is 0. The zero-order valence-corrected chi connectivity index (χ0v) is 20.3. The lowest BCUT2D eigenvalue weighted by molar-refractivity contribution is -0.207. The van der Waals surface area contributed by atoms with Crippen molar-refractivity contribution < 1.29 is 25.2 Å². The summed E-state index contributed by atoms with van der Waals surface area (Å²) in [6.45, 7) is 7.98. The summed E-state index contributed by atoms with van der Waals surface area (Å²) in [6, 6.07) is 0. The lowest BCUT2D eigenvalue weighted by Crippen LogP contribution is -2.62. The minimum Gasteiger partial charge on any atom is -0.396 e. The molecule has 13 atom stereocenters. The normalized spacial score (nSPS) is 56.0. The van der Waals surface area contributed by atoms with E-state index < -0.39 is 0 Å². The maximum absolute atomic E-state index is 11.7. The van der Waals surface area contributed by atoms with Crippen LogP contribution in [0.15, 0.2) is 0 Å². The van der Waals surface area contributed by atoms with Crippen molar-refractivity contribution >= 4 is 0 Å². The first-order valence-electron chi connectivity index (χ1n) is 13.5. The Hall–Kier alpha value is -0.200. The fourth-order valence-electron chi connectivity index (χ4n) is 9.62. The van der Waals surface area contributed by atoms with Gasteiger partial charge < -0.3 is 25.2 Å². The highest BCUT2D eigenvalue weighted by atomic mass is 16.5. The molecular formula is C27H46O5.